The topological polar surface area (TPSA) is 132 Å². The van der Waals surface area contributed by atoms with Crippen LogP contribution < -0.4 is 10.9 Å². The molecule has 1 amide bonds. The molecular formula is C17H16N4O3S2. The van der Waals surface area contributed by atoms with E-state index in [4.69, 9.17) is 10.9 Å². The number of thioether (sulfide) groups is 1. The lowest BCUT2D eigenvalue weighted by Crippen LogP contribution is -2.16. The summed E-state index contributed by atoms with van der Waals surface area (Å²) in [6.07, 6.45) is 1.96. The van der Waals surface area contributed by atoms with Gasteiger partial charge in [-0.05, 0) is 24.5 Å². The molecule has 3 aromatic rings. The zero-order chi connectivity index (χ0) is 18.9. The van der Waals surface area contributed by atoms with Crippen molar-refractivity contribution in [1.82, 2.24) is 10.2 Å². The van der Waals surface area contributed by atoms with Crippen molar-refractivity contribution in [2.45, 2.75) is 9.79 Å². The van der Waals surface area contributed by atoms with Crippen molar-refractivity contribution in [3.8, 4) is 22.4 Å². The number of H-pyrrole nitrogens is 1. The molecule has 0 bridgehead atoms. The predicted octanol–water partition coefficient (Wildman–Crippen LogP) is 2.21. The third kappa shape index (κ3) is 3.36. The first-order chi connectivity index (χ1) is 12.3. The van der Waals surface area contributed by atoms with Crippen LogP contribution in [0.4, 0.5) is 0 Å². The maximum absolute atomic E-state index is 12.0. The molecule has 0 atom stereocenters. The zero-order valence-electron chi connectivity index (χ0n) is 13.8. The second-order valence-corrected chi connectivity index (χ2v) is 7.87. The number of aromatic nitrogens is 2. The van der Waals surface area contributed by atoms with E-state index in [0.717, 1.165) is 10.5 Å². The van der Waals surface area contributed by atoms with Crippen LogP contribution >= 0.6 is 11.8 Å². The summed E-state index contributed by atoms with van der Waals surface area (Å²) in [6.45, 7) is 0. The van der Waals surface area contributed by atoms with Crippen molar-refractivity contribution in [2.75, 3.05) is 6.26 Å². The molecule has 134 valence electrons. The minimum atomic E-state index is -4.01. The molecule has 1 heterocycles. The Kier molecular flexibility index (Phi) is 4.86. The maximum atomic E-state index is 12.0. The van der Waals surface area contributed by atoms with Gasteiger partial charge in [-0.2, -0.15) is 5.10 Å². The zero-order valence-corrected chi connectivity index (χ0v) is 15.4. The highest BCUT2D eigenvalue weighted by atomic mass is 32.2. The molecule has 2 aromatic carbocycles. The Hall–Kier alpha value is -2.62. The first-order valence-corrected chi connectivity index (χ1v) is 10.2. The van der Waals surface area contributed by atoms with E-state index in [1.54, 1.807) is 30.0 Å². The first-order valence-electron chi connectivity index (χ1n) is 7.47. The standard InChI is InChI=1S/C17H16N4O3S2/c1-25-11-8-6-10(7-9-11)15-14(16(17(18)22)21-20-15)12-4-2-3-5-13(12)26(19,23)24/h2-9H,1H3,(H2,18,22)(H,20,21)(H2,19,23,24). The van der Waals surface area contributed by atoms with Gasteiger partial charge >= 0.3 is 0 Å². The first kappa shape index (κ1) is 18.2. The van der Waals surface area contributed by atoms with Crippen LogP contribution in [0.1, 0.15) is 10.5 Å². The van der Waals surface area contributed by atoms with E-state index >= 15 is 0 Å². The molecular weight excluding hydrogens is 372 g/mol. The van der Waals surface area contributed by atoms with Crippen LogP contribution in [0.25, 0.3) is 22.4 Å². The van der Waals surface area contributed by atoms with Crippen LogP contribution in [0.15, 0.2) is 58.3 Å². The van der Waals surface area contributed by atoms with Crippen molar-refractivity contribution in [1.29, 1.82) is 0 Å². The van der Waals surface area contributed by atoms with Gasteiger partial charge in [0.25, 0.3) is 5.91 Å². The number of hydrogen-bond donors (Lipinski definition) is 3. The van der Waals surface area contributed by atoms with Gasteiger partial charge in [0.15, 0.2) is 5.69 Å². The Balaban J connectivity index is 2.30. The predicted molar refractivity (Wildman–Crippen MR) is 101 cm³/mol. The Morgan fingerprint density at radius 2 is 1.77 bits per heavy atom. The smallest absolute Gasteiger partial charge is 0.269 e. The molecule has 0 saturated heterocycles. The number of nitrogens with zero attached hydrogens (tertiary/aromatic N) is 1. The number of rotatable bonds is 5. The minimum Gasteiger partial charge on any atom is -0.364 e. The SMILES string of the molecule is CSc1ccc(-c2[nH]nc(C(N)=O)c2-c2ccccc2S(N)(=O)=O)cc1. The van der Waals surface area contributed by atoms with Crippen molar-refractivity contribution >= 4 is 27.7 Å². The molecule has 0 aliphatic heterocycles. The van der Waals surface area contributed by atoms with Gasteiger partial charge in [0.2, 0.25) is 10.0 Å². The summed E-state index contributed by atoms with van der Waals surface area (Å²) in [5.74, 6) is -0.771. The fourth-order valence-corrected chi connectivity index (χ4v) is 3.82. The molecule has 7 nitrogen and oxygen atoms in total. The Morgan fingerprint density at radius 1 is 1.12 bits per heavy atom. The van der Waals surface area contributed by atoms with Crippen LogP contribution in [0.3, 0.4) is 0 Å². The number of carbonyl (C=O) groups is 1. The molecule has 3 rings (SSSR count). The number of primary amides is 1. The van der Waals surface area contributed by atoms with Gasteiger partial charge in [0.05, 0.1) is 10.6 Å². The van der Waals surface area contributed by atoms with E-state index in [2.05, 4.69) is 10.2 Å². The van der Waals surface area contributed by atoms with Crippen LogP contribution in [-0.4, -0.2) is 30.8 Å². The molecule has 0 spiro atoms. The number of amides is 1. The number of carbonyl (C=O) groups excluding carboxylic acids is 1. The molecule has 9 heteroatoms. The number of benzene rings is 2. The van der Waals surface area contributed by atoms with Crippen molar-refractivity contribution in [3.05, 3.63) is 54.2 Å². The average Bonchev–Trinajstić information content (AvgIpc) is 3.06. The van der Waals surface area contributed by atoms with E-state index in [-0.39, 0.29) is 16.2 Å². The highest BCUT2D eigenvalue weighted by Gasteiger charge is 2.25. The number of aromatic amines is 1. The Bertz CT molecular complexity index is 1070. The van der Waals surface area contributed by atoms with E-state index in [1.165, 1.54) is 6.07 Å². The third-order valence-electron chi connectivity index (χ3n) is 3.84. The summed E-state index contributed by atoms with van der Waals surface area (Å²) >= 11 is 1.59. The highest BCUT2D eigenvalue weighted by Crippen LogP contribution is 2.36. The van der Waals surface area contributed by atoms with Gasteiger partial charge in [-0.25, -0.2) is 13.6 Å². The maximum Gasteiger partial charge on any atom is 0.269 e. The van der Waals surface area contributed by atoms with Crippen LogP contribution in [0.5, 0.6) is 0 Å². The second kappa shape index (κ2) is 6.94. The summed E-state index contributed by atoms with van der Waals surface area (Å²) in [5, 5.41) is 12.1. The molecule has 5 N–H and O–H groups in total. The number of nitrogens with one attached hydrogen (secondary N) is 1. The monoisotopic (exact) mass is 388 g/mol. The van der Waals surface area contributed by atoms with Gasteiger partial charge in [-0.1, -0.05) is 30.3 Å². The molecule has 0 fully saturated rings. The Labute approximate surface area is 154 Å². The molecule has 26 heavy (non-hydrogen) atoms. The number of primary sulfonamides is 1. The lowest BCUT2D eigenvalue weighted by Gasteiger charge is -2.10. The van der Waals surface area contributed by atoms with E-state index in [9.17, 15) is 13.2 Å². The van der Waals surface area contributed by atoms with Gasteiger partial charge in [0.1, 0.15) is 0 Å². The van der Waals surface area contributed by atoms with Crippen molar-refractivity contribution in [3.63, 3.8) is 0 Å². The summed E-state index contributed by atoms with van der Waals surface area (Å²) < 4.78 is 24.0. The number of hydrogen-bond acceptors (Lipinski definition) is 5. The second-order valence-electron chi connectivity index (χ2n) is 5.46. The fraction of sp³-hybridized carbons (Fsp3) is 0.0588. The lowest BCUT2D eigenvalue weighted by molar-refractivity contribution is 0.0996. The molecule has 0 aliphatic carbocycles. The van der Waals surface area contributed by atoms with Crippen molar-refractivity contribution in [2.24, 2.45) is 10.9 Å². The van der Waals surface area contributed by atoms with E-state index < -0.39 is 15.9 Å². The summed E-state index contributed by atoms with van der Waals surface area (Å²) in [6, 6.07) is 13.7. The summed E-state index contributed by atoms with van der Waals surface area (Å²) in [5.41, 5.74) is 7.19. The number of sulfonamides is 1. The molecule has 0 aliphatic rings. The largest absolute Gasteiger partial charge is 0.364 e. The number of nitrogens with two attached hydrogens (primary N) is 2. The molecule has 0 radical (unpaired) electrons. The normalized spacial score (nSPS) is 11.5. The third-order valence-corrected chi connectivity index (χ3v) is 5.55. The van der Waals surface area contributed by atoms with Crippen LogP contribution in [0, 0.1) is 0 Å². The van der Waals surface area contributed by atoms with Gasteiger partial charge in [-0.3, -0.25) is 9.89 Å². The van der Waals surface area contributed by atoms with Gasteiger partial charge < -0.3 is 5.73 Å². The van der Waals surface area contributed by atoms with E-state index in [0.29, 0.717) is 11.3 Å². The van der Waals surface area contributed by atoms with E-state index in [1.807, 2.05) is 30.5 Å². The molecule has 0 unspecified atom stereocenters. The molecule has 0 saturated carbocycles. The van der Waals surface area contributed by atoms with Gasteiger partial charge in [-0.15, -0.1) is 11.8 Å². The fourth-order valence-electron chi connectivity index (χ4n) is 2.67. The minimum absolute atomic E-state index is 0.0509. The van der Waals surface area contributed by atoms with Crippen LogP contribution in [-0.2, 0) is 10.0 Å². The summed E-state index contributed by atoms with van der Waals surface area (Å²) in [7, 11) is -4.01. The summed E-state index contributed by atoms with van der Waals surface area (Å²) in [4.78, 5) is 12.8. The average molecular weight is 388 g/mol. The van der Waals surface area contributed by atoms with Gasteiger partial charge in [0, 0.05) is 21.6 Å². The van der Waals surface area contributed by atoms with Crippen molar-refractivity contribution < 1.29 is 13.2 Å². The Morgan fingerprint density at radius 3 is 2.35 bits per heavy atom. The quantitative estimate of drug-likeness (QED) is 0.577. The molecule has 1 aromatic heterocycles. The van der Waals surface area contributed by atoms with Crippen LogP contribution in [0.2, 0.25) is 0 Å². The highest BCUT2D eigenvalue weighted by molar-refractivity contribution is 7.98. The lowest BCUT2D eigenvalue weighted by atomic mass is 9.98.